The molecule has 2 amide bonds. The number of nitrogens with zero attached hydrogens (tertiary/aromatic N) is 2. The minimum Gasteiger partial charge on any atom is -0.395 e. The Morgan fingerprint density at radius 1 is 1.47 bits per heavy atom. The van der Waals surface area contributed by atoms with Crippen LogP contribution in [-0.2, 0) is 0 Å². The van der Waals surface area contributed by atoms with Crippen molar-refractivity contribution in [2.45, 2.75) is 12.8 Å². The van der Waals surface area contributed by atoms with Crippen LogP contribution in [0.25, 0.3) is 0 Å². The van der Waals surface area contributed by atoms with E-state index in [0.29, 0.717) is 12.5 Å². The fourth-order valence-corrected chi connectivity index (χ4v) is 1.65. The fraction of sp³-hybridized carbons (Fsp3) is 0.500. The Morgan fingerprint density at radius 2 is 2.18 bits per heavy atom. The number of urea groups is 1. The van der Waals surface area contributed by atoms with Gasteiger partial charge in [-0.2, -0.15) is 0 Å². The first-order valence-corrected chi connectivity index (χ1v) is 5.86. The summed E-state index contributed by atoms with van der Waals surface area (Å²) in [7, 11) is 0. The van der Waals surface area contributed by atoms with E-state index in [0.717, 1.165) is 12.2 Å². The summed E-state index contributed by atoms with van der Waals surface area (Å²) < 4.78 is 0. The molecule has 0 saturated heterocycles. The van der Waals surface area contributed by atoms with Crippen LogP contribution < -0.4 is 5.32 Å². The first kappa shape index (κ1) is 11.9. The van der Waals surface area contributed by atoms with Gasteiger partial charge in [0.1, 0.15) is 0 Å². The van der Waals surface area contributed by atoms with Crippen molar-refractivity contribution in [2.75, 3.05) is 25.0 Å². The van der Waals surface area contributed by atoms with Crippen molar-refractivity contribution >= 4 is 11.7 Å². The average Bonchev–Trinajstić information content (AvgIpc) is 3.14. The van der Waals surface area contributed by atoms with Crippen LogP contribution in [0, 0.1) is 5.92 Å². The third-order valence-electron chi connectivity index (χ3n) is 2.76. The van der Waals surface area contributed by atoms with Crippen LogP contribution in [-0.4, -0.2) is 40.7 Å². The highest BCUT2D eigenvalue weighted by molar-refractivity contribution is 5.89. The van der Waals surface area contributed by atoms with E-state index in [1.807, 2.05) is 0 Å². The molecule has 1 saturated carbocycles. The van der Waals surface area contributed by atoms with Crippen LogP contribution in [0.15, 0.2) is 24.5 Å². The third kappa shape index (κ3) is 3.71. The first-order valence-electron chi connectivity index (χ1n) is 5.86. The topological polar surface area (TPSA) is 65.5 Å². The summed E-state index contributed by atoms with van der Waals surface area (Å²) in [6.45, 7) is 1.11. The van der Waals surface area contributed by atoms with Crippen LogP contribution in [0.4, 0.5) is 10.5 Å². The van der Waals surface area contributed by atoms with Crippen molar-refractivity contribution in [3.63, 3.8) is 0 Å². The van der Waals surface area contributed by atoms with E-state index in [4.69, 9.17) is 5.11 Å². The normalized spacial score (nSPS) is 14.4. The monoisotopic (exact) mass is 235 g/mol. The molecule has 2 rings (SSSR count). The van der Waals surface area contributed by atoms with Crippen LogP contribution in [0.1, 0.15) is 12.8 Å². The van der Waals surface area contributed by atoms with Crippen LogP contribution in [0.2, 0.25) is 0 Å². The highest BCUT2D eigenvalue weighted by Gasteiger charge is 2.26. The molecule has 0 aromatic carbocycles. The number of aliphatic hydroxyl groups excluding tert-OH is 1. The minimum atomic E-state index is -0.155. The second-order valence-corrected chi connectivity index (χ2v) is 4.28. The quantitative estimate of drug-likeness (QED) is 0.809. The molecule has 1 heterocycles. The van der Waals surface area contributed by atoms with Crippen molar-refractivity contribution in [2.24, 2.45) is 5.92 Å². The maximum absolute atomic E-state index is 11.9. The van der Waals surface area contributed by atoms with Gasteiger partial charge in [0.25, 0.3) is 0 Å². The van der Waals surface area contributed by atoms with Crippen molar-refractivity contribution in [3.8, 4) is 0 Å². The van der Waals surface area contributed by atoms with Crippen LogP contribution in [0.5, 0.6) is 0 Å². The molecule has 2 N–H and O–H groups in total. The molecule has 0 unspecified atom stereocenters. The number of carbonyl (C=O) groups excluding carboxylic acids is 1. The summed E-state index contributed by atoms with van der Waals surface area (Å²) in [5.74, 6) is 0.616. The molecular formula is C12H17N3O2. The smallest absolute Gasteiger partial charge is 0.321 e. The summed E-state index contributed by atoms with van der Waals surface area (Å²) in [5, 5.41) is 11.7. The largest absolute Gasteiger partial charge is 0.395 e. The second kappa shape index (κ2) is 5.63. The lowest BCUT2D eigenvalue weighted by molar-refractivity contribution is 0.185. The third-order valence-corrected chi connectivity index (χ3v) is 2.76. The van der Waals surface area contributed by atoms with Gasteiger partial charge in [0, 0.05) is 31.2 Å². The van der Waals surface area contributed by atoms with Gasteiger partial charge in [-0.1, -0.05) is 0 Å². The Kier molecular flexibility index (Phi) is 3.93. The lowest BCUT2D eigenvalue weighted by atomic mass is 10.3. The zero-order valence-electron chi connectivity index (χ0n) is 9.67. The molecule has 0 radical (unpaired) electrons. The van der Waals surface area contributed by atoms with Crippen molar-refractivity contribution in [3.05, 3.63) is 24.5 Å². The van der Waals surface area contributed by atoms with Gasteiger partial charge in [0.15, 0.2) is 0 Å². The molecule has 0 spiro atoms. The van der Waals surface area contributed by atoms with E-state index in [1.165, 1.54) is 12.8 Å². The lowest BCUT2D eigenvalue weighted by Gasteiger charge is -2.22. The second-order valence-electron chi connectivity index (χ2n) is 4.28. The summed E-state index contributed by atoms with van der Waals surface area (Å²) in [6.07, 6.45) is 5.63. The molecule has 0 atom stereocenters. The molecule has 0 bridgehead atoms. The molecule has 1 aliphatic rings. The molecule has 5 heteroatoms. The van der Waals surface area contributed by atoms with E-state index in [-0.39, 0.29) is 12.6 Å². The molecule has 1 aromatic heterocycles. The maximum atomic E-state index is 11.9. The SMILES string of the molecule is O=C(Nc1ccncc1)N(CCO)CC1CC1. The summed E-state index contributed by atoms with van der Waals surface area (Å²) in [6, 6.07) is 3.33. The van der Waals surface area contributed by atoms with Gasteiger partial charge in [0.05, 0.1) is 6.61 Å². The number of carbonyl (C=O) groups is 1. The highest BCUT2D eigenvalue weighted by atomic mass is 16.3. The number of aromatic nitrogens is 1. The summed E-state index contributed by atoms with van der Waals surface area (Å²) in [4.78, 5) is 17.5. The standard InChI is InChI=1S/C12H17N3O2/c16-8-7-15(9-10-1-2-10)12(17)14-11-3-5-13-6-4-11/h3-6,10,16H,1-2,7-9H2,(H,13,14,17). The van der Waals surface area contributed by atoms with Crippen molar-refractivity contribution < 1.29 is 9.90 Å². The molecule has 5 nitrogen and oxygen atoms in total. The molecule has 92 valence electrons. The number of amides is 2. The fourth-order valence-electron chi connectivity index (χ4n) is 1.65. The van der Waals surface area contributed by atoms with E-state index < -0.39 is 0 Å². The minimum absolute atomic E-state index is 0.00349. The number of hydrogen-bond donors (Lipinski definition) is 2. The Labute approximate surface area is 100 Å². The van der Waals surface area contributed by atoms with Gasteiger partial charge in [-0.15, -0.1) is 0 Å². The van der Waals surface area contributed by atoms with Crippen molar-refractivity contribution in [1.82, 2.24) is 9.88 Å². The van der Waals surface area contributed by atoms with Crippen LogP contribution >= 0.6 is 0 Å². The van der Waals surface area contributed by atoms with E-state index >= 15 is 0 Å². The summed E-state index contributed by atoms with van der Waals surface area (Å²) in [5.41, 5.74) is 0.726. The zero-order chi connectivity index (χ0) is 12.1. The van der Waals surface area contributed by atoms with Gasteiger partial charge >= 0.3 is 6.03 Å². The first-order chi connectivity index (χ1) is 8.29. The maximum Gasteiger partial charge on any atom is 0.321 e. The van der Waals surface area contributed by atoms with Crippen molar-refractivity contribution in [1.29, 1.82) is 0 Å². The Bertz CT molecular complexity index is 365. The molecule has 1 fully saturated rings. The molecule has 1 aliphatic carbocycles. The van der Waals surface area contributed by atoms with Gasteiger partial charge in [-0.25, -0.2) is 4.79 Å². The number of hydrogen-bond acceptors (Lipinski definition) is 3. The highest BCUT2D eigenvalue weighted by Crippen LogP contribution is 2.29. The Balaban J connectivity index is 1.90. The lowest BCUT2D eigenvalue weighted by Crippen LogP contribution is -2.38. The molecule has 1 aromatic rings. The predicted molar refractivity (Wildman–Crippen MR) is 64.6 cm³/mol. The van der Waals surface area contributed by atoms with E-state index in [9.17, 15) is 4.79 Å². The predicted octanol–water partition coefficient (Wildman–Crippen LogP) is 1.32. The van der Waals surface area contributed by atoms with Gasteiger partial charge < -0.3 is 15.3 Å². The van der Waals surface area contributed by atoms with E-state index in [2.05, 4.69) is 10.3 Å². The van der Waals surface area contributed by atoms with E-state index in [1.54, 1.807) is 29.4 Å². The van der Waals surface area contributed by atoms with Gasteiger partial charge in [-0.05, 0) is 30.9 Å². The number of rotatable bonds is 5. The zero-order valence-corrected chi connectivity index (χ0v) is 9.67. The molecule has 0 aliphatic heterocycles. The Hall–Kier alpha value is -1.62. The average molecular weight is 235 g/mol. The number of nitrogens with one attached hydrogen (secondary N) is 1. The van der Waals surface area contributed by atoms with Gasteiger partial charge in [-0.3, -0.25) is 4.98 Å². The molecule has 17 heavy (non-hydrogen) atoms. The Morgan fingerprint density at radius 3 is 2.76 bits per heavy atom. The van der Waals surface area contributed by atoms with Crippen LogP contribution in [0.3, 0.4) is 0 Å². The van der Waals surface area contributed by atoms with Gasteiger partial charge in [0.2, 0.25) is 0 Å². The number of pyridine rings is 1. The summed E-state index contributed by atoms with van der Waals surface area (Å²) >= 11 is 0. The molecular weight excluding hydrogens is 218 g/mol. The number of aliphatic hydroxyl groups is 1. The number of anilines is 1.